The highest BCUT2D eigenvalue weighted by Crippen LogP contribution is 2.25. The third-order valence-corrected chi connectivity index (χ3v) is 7.82. The fourth-order valence-electron chi connectivity index (χ4n) is 5.23. The van der Waals surface area contributed by atoms with Crippen LogP contribution < -0.4 is 14.8 Å². The number of esters is 1. The Morgan fingerprint density at radius 2 is 1.40 bits per heavy atom. The molecule has 0 aliphatic heterocycles. The minimum Gasteiger partial charge on any atom is -0.496 e. The van der Waals surface area contributed by atoms with Crippen LogP contribution >= 0.6 is 0 Å². The Bertz CT molecular complexity index is 1050. The van der Waals surface area contributed by atoms with E-state index in [9.17, 15) is 9.59 Å². The molecule has 0 radical (unpaired) electrons. The van der Waals surface area contributed by atoms with Crippen LogP contribution in [0.5, 0.6) is 11.5 Å². The van der Waals surface area contributed by atoms with Crippen LogP contribution in [-0.4, -0.2) is 37.1 Å². The maximum Gasteiger partial charge on any atom is 0.328 e. The van der Waals surface area contributed by atoms with E-state index in [0.717, 1.165) is 47.4 Å². The van der Waals surface area contributed by atoms with Crippen molar-refractivity contribution in [1.29, 1.82) is 0 Å². The third-order valence-electron chi connectivity index (χ3n) is 7.82. The zero-order valence-corrected chi connectivity index (χ0v) is 26.8. The van der Waals surface area contributed by atoms with Gasteiger partial charge in [0.05, 0.1) is 19.9 Å². The van der Waals surface area contributed by atoms with Gasteiger partial charge in [0.2, 0.25) is 5.91 Å². The molecule has 1 heterocycles. The van der Waals surface area contributed by atoms with Gasteiger partial charge in [-0.3, -0.25) is 9.78 Å². The molecule has 1 N–H and O–H groups in total. The summed E-state index contributed by atoms with van der Waals surface area (Å²) in [6.45, 7) is 6.52. The van der Waals surface area contributed by atoms with Crippen molar-refractivity contribution in [2.45, 2.75) is 130 Å². The van der Waals surface area contributed by atoms with E-state index in [1.54, 1.807) is 13.3 Å². The molecule has 0 saturated heterocycles. The van der Waals surface area contributed by atoms with Gasteiger partial charge >= 0.3 is 5.97 Å². The van der Waals surface area contributed by atoms with Crippen LogP contribution in [0.1, 0.15) is 119 Å². The summed E-state index contributed by atoms with van der Waals surface area (Å²) in [5, 5.41) is 2.88. The molecular formula is C35H54N2O5. The van der Waals surface area contributed by atoms with Gasteiger partial charge < -0.3 is 19.5 Å². The van der Waals surface area contributed by atoms with E-state index in [1.165, 1.54) is 71.3 Å². The predicted octanol–water partition coefficient (Wildman–Crippen LogP) is 7.97. The maximum absolute atomic E-state index is 12.6. The molecule has 1 amide bonds. The van der Waals surface area contributed by atoms with Crippen molar-refractivity contribution in [3.8, 4) is 11.5 Å². The highest BCUT2D eigenvalue weighted by Gasteiger charge is 2.22. The second-order valence-electron chi connectivity index (χ2n) is 11.3. The Balaban J connectivity index is 1.69. The van der Waals surface area contributed by atoms with Crippen molar-refractivity contribution in [1.82, 2.24) is 10.3 Å². The smallest absolute Gasteiger partial charge is 0.328 e. The van der Waals surface area contributed by atoms with Gasteiger partial charge in [-0.15, -0.1) is 0 Å². The largest absolute Gasteiger partial charge is 0.496 e. The second-order valence-corrected chi connectivity index (χ2v) is 11.3. The number of unbranched alkanes of at least 4 members (excludes halogenated alkanes) is 12. The third kappa shape index (κ3) is 13.3. The summed E-state index contributed by atoms with van der Waals surface area (Å²) < 4.78 is 16.4. The molecule has 0 spiro atoms. The summed E-state index contributed by atoms with van der Waals surface area (Å²) in [4.78, 5) is 29.5. The first-order valence-corrected chi connectivity index (χ1v) is 16.0. The van der Waals surface area contributed by atoms with Gasteiger partial charge in [0.1, 0.15) is 24.1 Å². The average molecular weight is 583 g/mol. The number of nitrogens with zero attached hydrogens (tertiary/aromatic N) is 1. The number of hydrogen-bond acceptors (Lipinski definition) is 6. The number of pyridine rings is 1. The van der Waals surface area contributed by atoms with Gasteiger partial charge in [-0.2, -0.15) is 0 Å². The molecule has 2 aromatic rings. The summed E-state index contributed by atoms with van der Waals surface area (Å²) >= 11 is 0. The Hall–Kier alpha value is -3.09. The van der Waals surface area contributed by atoms with Crippen molar-refractivity contribution in [2.75, 3.05) is 14.2 Å². The quantitative estimate of drug-likeness (QED) is 0.112. The summed E-state index contributed by atoms with van der Waals surface area (Å²) in [5.41, 5.74) is 3.67. The van der Waals surface area contributed by atoms with E-state index in [1.807, 2.05) is 38.1 Å². The van der Waals surface area contributed by atoms with Crippen molar-refractivity contribution < 1.29 is 23.8 Å². The van der Waals surface area contributed by atoms with Gasteiger partial charge in [-0.25, -0.2) is 4.79 Å². The second kappa shape index (κ2) is 20.7. The normalized spacial score (nSPS) is 11.6. The highest BCUT2D eigenvalue weighted by molar-refractivity contribution is 5.84. The molecule has 0 fully saturated rings. The predicted molar refractivity (Wildman–Crippen MR) is 169 cm³/mol. The minimum absolute atomic E-state index is 0.107. The first kappa shape index (κ1) is 35.1. The van der Waals surface area contributed by atoms with Crippen LogP contribution in [0.2, 0.25) is 0 Å². The van der Waals surface area contributed by atoms with Crippen LogP contribution in [-0.2, 0) is 27.4 Å². The number of aryl methyl sites for hydroxylation is 1. The molecule has 42 heavy (non-hydrogen) atoms. The van der Waals surface area contributed by atoms with Crippen LogP contribution in [0.25, 0.3) is 0 Å². The Labute approximate surface area is 254 Å². The van der Waals surface area contributed by atoms with Crippen molar-refractivity contribution >= 4 is 11.9 Å². The number of carbonyl (C=O) groups is 2. The average Bonchev–Trinajstić information content (AvgIpc) is 2.99. The van der Waals surface area contributed by atoms with Crippen molar-refractivity contribution in [3.05, 3.63) is 52.8 Å². The van der Waals surface area contributed by atoms with Crippen LogP contribution in [0, 0.1) is 13.8 Å². The molecule has 0 aliphatic carbocycles. The first-order chi connectivity index (χ1) is 20.4. The number of nitrogens with one attached hydrogen (secondary N) is 1. The van der Waals surface area contributed by atoms with E-state index in [2.05, 4.69) is 17.2 Å². The molecule has 1 aromatic heterocycles. The van der Waals surface area contributed by atoms with Gasteiger partial charge in [-0.1, -0.05) is 96.1 Å². The Morgan fingerprint density at radius 1 is 0.833 bits per heavy atom. The molecule has 1 atom stereocenters. The fourth-order valence-corrected chi connectivity index (χ4v) is 5.23. The molecule has 234 valence electrons. The summed E-state index contributed by atoms with van der Waals surface area (Å²) in [6.07, 6.45) is 19.0. The molecule has 2 rings (SSSR count). The number of rotatable bonds is 22. The maximum atomic E-state index is 12.6. The zero-order chi connectivity index (χ0) is 30.6. The lowest BCUT2D eigenvalue weighted by Crippen LogP contribution is -2.43. The number of aromatic nitrogens is 1. The molecule has 1 aromatic carbocycles. The van der Waals surface area contributed by atoms with E-state index in [0.29, 0.717) is 25.2 Å². The van der Waals surface area contributed by atoms with Gasteiger partial charge in [0.15, 0.2) is 0 Å². The molecule has 0 aliphatic rings. The molecule has 7 heteroatoms. The number of ether oxygens (including phenoxy) is 3. The highest BCUT2D eigenvalue weighted by atomic mass is 16.5. The van der Waals surface area contributed by atoms with E-state index < -0.39 is 12.0 Å². The van der Waals surface area contributed by atoms with Crippen molar-refractivity contribution in [2.24, 2.45) is 0 Å². The zero-order valence-electron chi connectivity index (χ0n) is 26.8. The number of methoxy groups -OCH3 is 2. The Kier molecular flexibility index (Phi) is 17.3. The van der Waals surface area contributed by atoms with Crippen LogP contribution in [0.15, 0.2) is 30.5 Å². The lowest BCUT2D eigenvalue weighted by Gasteiger charge is -2.17. The van der Waals surface area contributed by atoms with Crippen molar-refractivity contribution in [3.63, 3.8) is 0 Å². The first-order valence-electron chi connectivity index (χ1n) is 16.0. The van der Waals surface area contributed by atoms with Crippen LogP contribution in [0.3, 0.4) is 0 Å². The van der Waals surface area contributed by atoms with Gasteiger partial charge in [-0.05, 0) is 38.0 Å². The molecular weight excluding hydrogens is 528 g/mol. The van der Waals surface area contributed by atoms with Crippen LogP contribution in [0.4, 0.5) is 0 Å². The lowest BCUT2D eigenvalue weighted by atomic mass is 10.0. The molecule has 1 unspecified atom stereocenters. The number of hydrogen-bond donors (Lipinski definition) is 1. The standard InChI is InChI=1S/C35H54N2O5/c1-6-7-8-9-10-11-12-13-14-15-16-17-18-19-33(38)37-31(35(39)41-5)24-29-20-22-30(23-21-29)42-26-32-28(3)34(40-4)27(2)25-36-32/h20-23,25,31H,6-19,24,26H2,1-5H3,(H,37,38). The fraction of sp³-hybridized carbons (Fsp3) is 0.629. The molecule has 0 bridgehead atoms. The van der Waals surface area contributed by atoms with E-state index in [4.69, 9.17) is 14.2 Å². The monoisotopic (exact) mass is 582 g/mol. The Morgan fingerprint density at radius 3 is 1.95 bits per heavy atom. The van der Waals surface area contributed by atoms with Gasteiger partial charge in [0.25, 0.3) is 0 Å². The number of carbonyl (C=O) groups excluding carboxylic acids is 2. The minimum atomic E-state index is -0.719. The molecule has 7 nitrogen and oxygen atoms in total. The molecule has 0 saturated carbocycles. The number of amides is 1. The SMILES string of the molecule is CCCCCCCCCCCCCCCC(=O)NC(Cc1ccc(OCc2ncc(C)c(OC)c2C)cc1)C(=O)OC. The van der Waals surface area contributed by atoms with Gasteiger partial charge in [0, 0.05) is 30.2 Å². The summed E-state index contributed by atoms with van der Waals surface area (Å²) in [6, 6.07) is 6.81. The lowest BCUT2D eigenvalue weighted by molar-refractivity contribution is -0.145. The topological polar surface area (TPSA) is 86.8 Å². The number of benzene rings is 1. The summed E-state index contributed by atoms with van der Waals surface area (Å²) in [7, 11) is 3.00. The van der Waals surface area contributed by atoms with E-state index >= 15 is 0 Å². The van der Waals surface area contributed by atoms with E-state index in [-0.39, 0.29) is 5.91 Å². The summed E-state index contributed by atoms with van der Waals surface area (Å²) in [5.74, 6) is 0.971.